The van der Waals surface area contributed by atoms with Gasteiger partial charge in [-0.2, -0.15) is 0 Å². The van der Waals surface area contributed by atoms with Crippen molar-refractivity contribution in [1.82, 2.24) is 0 Å². The monoisotopic (exact) mass is 510 g/mol. The molecule has 9 heteroatoms. The van der Waals surface area contributed by atoms with Crippen molar-refractivity contribution in [2.45, 2.75) is 26.2 Å². The molecule has 184 valence electrons. The van der Waals surface area contributed by atoms with E-state index in [9.17, 15) is 19.2 Å². The molecule has 0 N–H and O–H groups in total. The lowest BCUT2D eigenvalue weighted by atomic mass is 10.1. The van der Waals surface area contributed by atoms with Crippen molar-refractivity contribution in [2.24, 2.45) is 0 Å². The van der Waals surface area contributed by atoms with E-state index in [4.69, 9.17) is 13.6 Å². The van der Waals surface area contributed by atoms with Crippen LogP contribution in [0.2, 0.25) is 26.2 Å². The Balaban J connectivity index is 1.78. The second-order valence-corrected chi connectivity index (χ2v) is 16.6. The van der Waals surface area contributed by atoms with Gasteiger partial charge >= 0.3 is 11.9 Å². The highest BCUT2D eigenvalue weighted by Gasteiger charge is 2.29. The summed E-state index contributed by atoms with van der Waals surface area (Å²) in [5.41, 5.74) is 4.37. The SMILES string of the molecule is C[Si](C)(C=CCOC(=O)C(=O)c1ccccc1)O[Si](C)(C)C=CCOC(=O)C(=O)c1ccccc1. The van der Waals surface area contributed by atoms with E-state index in [0.29, 0.717) is 0 Å². The first-order valence-corrected chi connectivity index (χ1v) is 17.1. The average Bonchev–Trinajstić information content (AvgIpc) is 2.83. The van der Waals surface area contributed by atoms with E-state index in [0.717, 1.165) is 0 Å². The van der Waals surface area contributed by atoms with E-state index in [2.05, 4.69) is 0 Å². The lowest BCUT2D eigenvalue weighted by Gasteiger charge is -2.29. The van der Waals surface area contributed by atoms with Gasteiger partial charge in [0.25, 0.3) is 11.6 Å². The summed E-state index contributed by atoms with van der Waals surface area (Å²) in [6, 6.07) is 16.5. The number of benzene rings is 2. The van der Waals surface area contributed by atoms with E-state index in [1.54, 1.807) is 72.8 Å². The van der Waals surface area contributed by atoms with Gasteiger partial charge in [0.1, 0.15) is 13.2 Å². The van der Waals surface area contributed by atoms with Crippen LogP contribution in [-0.4, -0.2) is 53.4 Å². The molecule has 7 nitrogen and oxygen atoms in total. The van der Waals surface area contributed by atoms with Crippen molar-refractivity contribution in [3.05, 3.63) is 95.3 Å². The van der Waals surface area contributed by atoms with E-state index in [-0.39, 0.29) is 24.3 Å². The van der Waals surface area contributed by atoms with Crippen LogP contribution in [0, 0.1) is 0 Å². The van der Waals surface area contributed by atoms with Crippen molar-refractivity contribution in [3.8, 4) is 0 Å². The maximum Gasteiger partial charge on any atom is 0.379 e. The summed E-state index contributed by atoms with van der Waals surface area (Å²) in [6.07, 6.45) is 3.38. The smallest absolute Gasteiger partial charge is 0.379 e. The highest BCUT2D eigenvalue weighted by atomic mass is 28.4. The lowest BCUT2D eigenvalue weighted by molar-refractivity contribution is -0.137. The molecule has 2 aromatic rings. The number of hydrogen-bond acceptors (Lipinski definition) is 7. The van der Waals surface area contributed by atoms with E-state index in [1.165, 1.54) is 0 Å². The summed E-state index contributed by atoms with van der Waals surface area (Å²) in [7, 11) is -4.51. The van der Waals surface area contributed by atoms with Gasteiger partial charge in [-0.1, -0.05) is 84.2 Å². The second-order valence-electron chi connectivity index (χ2n) is 8.70. The molecule has 0 amide bonds. The summed E-state index contributed by atoms with van der Waals surface area (Å²) in [5.74, 6) is -3.17. The molecule has 0 saturated carbocycles. The third kappa shape index (κ3) is 9.77. The fourth-order valence-electron chi connectivity index (χ4n) is 3.20. The molecule has 2 aromatic carbocycles. The van der Waals surface area contributed by atoms with Crippen molar-refractivity contribution >= 4 is 40.1 Å². The number of ether oxygens (including phenoxy) is 2. The van der Waals surface area contributed by atoms with Crippen LogP contribution in [0.25, 0.3) is 0 Å². The van der Waals surface area contributed by atoms with Crippen molar-refractivity contribution in [3.63, 3.8) is 0 Å². The van der Waals surface area contributed by atoms with Gasteiger partial charge in [-0.05, 0) is 26.2 Å². The molecule has 0 heterocycles. The molecule has 35 heavy (non-hydrogen) atoms. The van der Waals surface area contributed by atoms with Gasteiger partial charge in [0.15, 0.2) is 16.6 Å². The molecule has 0 saturated heterocycles. The third-order valence-corrected chi connectivity index (χ3v) is 10.9. The van der Waals surface area contributed by atoms with Gasteiger partial charge in [0, 0.05) is 11.1 Å². The van der Waals surface area contributed by atoms with Gasteiger partial charge in [0.05, 0.1) is 0 Å². The Morgan fingerprint density at radius 3 is 1.31 bits per heavy atom. The predicted molar refractivity (Wildman–Crippen MR) is 138 cm³/mol. The summed E-state index contributed by atoms with van der Waals surface area (Å²) in [4.78, 5) is 47.9. The number of esters is 2. The van der Waals surface area contributed by atoms with Crippen LogP contribution in [0.4, 0.5) is 0 Å². The Morgan fingerprint density at radius 2 is 0.971 bits per heavy atom. The quantitative estimate of drug-likeness (QED) is 0.180. The van der Waals surface area contributed by atoms with Gasteiger partial charge in [-0.3, -0.25) is 9.59 Å². The van der Waals surface area contributed by atoms with Crippen molar-refractivity contribution < 1.29 is 32.8 Å². The minimum absolute atomic E-state index is 0.0274. The van der Waals surface area contributed by atoms with Crippen molar-refractivity contribution in [2.75, 3.05) is 13.2 Å². The highest BCUT2D eigenvalue weighted by Crippen LogP contribution is 2.17. The van der Waals surface area contributed by atoms with Crippen LogP contribution < -0.4 is 0 Å². The second kappa shape index (κ2) is 12.9. The van der Waals surface area contributed by atoms with Crippen LogP contribution in [0.15, 0.2) is 84.2 Å². The Hall–Kier alpha value is -3.41. The maximum absolute atomic E-state index is 12.0. The predicted octanol–water partition coefficient (Wildman–Crippen LogP) is 4.46. The van der Waals surface area contributed by atoms with Crippen LogP contribution in [0.5, 0.6) is 0 Å². The fraction of sp³-hybridized carbons (Fsp3) is 0.231. The van der Waals surface area contributed by atoms with Gasteiger partial charge in [-0.15, -0.1) is 0 Å². The normalized spacial score (nSPS) is 12.0. The third-order valence-electron chi connectivity index (χ3n) is 4.63. The molecule has 0 aliphatic heterocycles. The minimum Gasteiger partial charge on any atom is -0.455 e. The molecule has 2 rings (SSSR count). The minimum atomic E-state index is -2.25. The highest BCUT2D eigenvalue weighted by molar-refractivity contribution is 6.89. The molecule has 0 radical (unpaired) electrons. The lowest BCUT2D eigenvalue weighted by Crippen LogP contribution is -2.42. The fourth-order valence-corrected chi connectivity index (χ4v) is 10.5. The van der Waals surface area contributed by atoms with Crippen LogP contribution >= 0.6 is 0 Å². The molecule has 0 spiro atoms. The number of carbonyl (C=O) groups excluding carboxylic acids is 4. The molecular weight excluding hydrogens is 480 g/mol. The number of ketones is 2. The largest absolute Gasteiger partial charge is 0.455 e. The van der Waals surface area contributed by atoms with Gasteiger partial charge in [0.2, 0.25) is 0 Å². The van der Waals surface area contributed by atoms with E-state index < -0.39 is 40.1 Å². The Morgan fingerprint density at radius 1 is 0.629 bits per heavy atom. The topological polar surface area (TPSA) is 96.0 Å². The molecule has 0 bridgehead atoms. The molecule has 0 aromatic heterocycles. The molecule has 0 fully saturated rings. The first-order valence-electron chi connectivity index (χ1n) is 11.1. The van der Waals surface area contributed by atoms with Crippen LogP contribution in [0.1, 0.15) is 20.7 Å². The summed E-state index contributed by atoms with van der Waals surface area (Å²) in [6.45, 7) is 7.95. The van der Waals surface area contributed by atoms with Crippen LogP contribution in [-0.2, 0) is 23.2 Å². The zero-order valence-electron chi connectivity index (χ0n) is 20.4. The first-order chi connectivity index (χ1) is 16.5. The van der Waals surface area contributed by atoms with Crippen LogP contribution in [0.3, 0.4) is 0 Å². The maximum atomic E-state index is 12.0. The molecule has 0 unspecified atom stereocenters. The van der Waals surface area contributed by atoms with Gasteiger partial charge < -0.3 is 13.6 Å². The number of carbonyl (C=O) groups is 4. The number of rotatable bonds is 12. The Bertz CT molecular complexity index is 1000. The van der Waals surface area contributed by atoms with Crippen molar-refractivity contribution in [1.29, 1.82) is 0 Å². The average molecular weight is 511 g/mol. The molecular formula is C26H30O7Si2. The summed E-state index contributed by atoms with van der Waals surface area (Å²) >= 11 is 0. The molecule has 0 aliphatic carbocycles. The zero-order chi connectivity index (χ0) is 25.9. The number of Topliss-reactive ketones (excluding diaryl/α,β-unsaturated/α-hetero) is 2. The summed E-state index contributed by atoms with van der Waals surface area (Å²) in [5, 5.41) is 0. The molecule has 0 atom stereocenters. The Labute approximate surface area is 207 Å². The van der Waals surface area contributed by atoms with Gasteiger partial charge in [-0.25, -0.2) is 9.59 Å². The van der Waals surface area contributed by atoms with E-state index in [1.807, 2.05) is 37.6 Å². The summed E-state index contributed by atoms with van der Waals surface area (Å²) < 4.78 is 16.5. The number of hydrogen-bond donors (Lipinski definition) is 0. The van der Waals surface area contributed by atoms with E-state index >= 15 is 0 Å². The Kier molecular flexibility index (Phi) is 10.3. The standard InChI is InChI=1S/C26H30O7Si2/c1-34(2,19-11-17-31-25(29)23(27)21-13-7-5-8-14-21)33-35(3,4)20-12-18-32-26(30)24(28)22-15-9-6-10-16-22/h5-16,19-20H,17-18H2,1-4H3. The zero-order valence-corrected chi connectivity index (χ0v) is 22.4. The molecule has 0 aliphatic rings. The first kappa shape index (κ1) is 27.8.